The number of hydrogen-bond acceptors (Lipinski definition) is 3. The van der Waals surface area contributed by atoms with Gasteiger partial charge in [-0.1, -0.05) is 37.0 Å². The van der Waals surface area contributed by atoms with E-state index in [9.17, 15) is 0 Å². The Kier molecular flexibility index (Phi) is 3.03. The minimum atomic E-state index is 0.363. The third kappa shape index (κ3) is 2.18. The Bertz CT molecular complexity index is 370. The van der Waals surface area contributed by atoms with Crippen molar-refractivity contribution in [2.24, 2.45) is 11.8 Å². The smallest absolute Gasteiger partial charge is 0.174 e. The van der Waals surface area contributed by atoms with Crippen LogP contribution in [-0.4, -0.2) is 16.2 Å². The zero-order chi connectivity index (χ0) is 11.0. The molecule has 0 saturated heterocycles. The van der Waals surface area contributed by atoms with Crippen LogP contribution < -0.4 is 5.32 Å². The van der Waals surface area contributed by atoms with Gasteiger partial charge in [0.15, 0.2) is 10.3 Å². The lowest BCUT2D eigenvalue weighted by atomic mass is 9.71. The Morgan fingerprint density at radius 2 is 2.07 bits per heavy atom. The fraction of sp³-hybridized carbons (Fsp3) is 0.600. The van der Waals surface area contributed by atoms with Crippen molar-refractivity contribution in [2.45, 2.75) is 26.3 Å². The topological polar surface area (TPSA) is 37.8 Å². The summed E-state index contributed by atoms with van der Waals surface area (Å²) in [6.45, 7) is 4.48. The van der Waals surface area contributed by atoms with E-state index in [0.717, 1.165) is 18.0 Å². The van der Waals surface area contributed by atoms with Crippen LogP contribution in [0.4, 0.5) is 5.69 Å². The maximum Gasteiger partial charge on any atom is 0.174 e. The van der Waals surface area contributed by atoms with Gasteiger partial charge in [0.1, 0.15) is 0 Å². The van der Waals surface area contributed by atoms with Gasteiger partial charge in [-0.15, -0.1) is 10.2 Å². The number of anilines is 1. The molecule has 1 saturated carbocycles. The molecule has 1 heterocycles. The van der Waals surface area contributed by atoms with Crippen molar-refractivity contribution in [1.82, 2.24) is 10.2 Å². The van der Waals surface area contributed by atoms with E-state index in [2.05, 4.69) is 29.4 Å². The number of aromatic nitrogens is 2. The number of rotatable bonds is 2. The largest absolute Gasteiger partial charge is 0.379 e. The first-order chi connectivity index (χ1) is 7.08. The predicted molar refractivity (Wildman–Crippen MR) is 62.4 cm³/mol. The molecule has 82 valence electrons. The molecule has 2 rings (SSSR count). The molecule has 3 unspecified atom stereocenters. The molecule has 0 aromatic carbocycles. The maximum atomic E-state index is 5.91. The van der Waals surface area contributed by atoms with Crippen LogP contribution in [0.3, 0.4) is 0 Å². The Hall–Kier alpha value is -0.540. The molecule has 0 bridgehead atoms. The van der Waals surface area contributed by atoms with E-state index in [1.807, 2.05) is 0 Å². The molecule has 0 amide bonds. The molecule has 0 spiro atoms. The normalized spacial score (nSPS) is 29.7. The van der Waals surface area contributed by atoms with Crippen molar-refractivity contribution in [3.63, 3.8) is 0 Å². The van der Waals surface area contributed by atoms with Crippen LogP contribution in [0.15, 0.2) is 6.07 Å². The van der Waals surface area contributed by atoms with Crippen molar-refractivity contribution in [3.8, 4) is 0 Å². The van der Waals surface area contributed by atoms with Gasteiger partial charge >= 0.3 is 0 Å². The number of nitrogens with one attached hydrogen (secondary N) is 1. The van der Waals surface area contributed by atoms with E-state index in [1.165, 1.54) is 0 Å². The lowest BCUT2D eigenvalue weighted by Crippen LogP contribution is -2.43. The Morgan fingerprint density at radius 3 is 2.67 bits per heavy atom. The zero-order valence-corrected chi connectivity index (χ0v) is 10.2. The highest BCUT2D eigenvalue weighted by Crippen LogP contribution is 2.37. The third-order valence-electron chi connectivity index (χ3n) is 3.22. The van der Waals surface area contributed by atoms with Crippen molar-refractivity contribution in [1.29, 1.82) is 0 Å². The molecule has 1 aliphatic carbocycles. The van der Waals surface area contributed by atoms with E-state index < -0.39 is 0 Å². The van der Waals surface area contributed by atoms with Crippen LogP contribution >= 0.6 is 23.2 Å². The molecule has 0 aliphatic heterocycles. The van der Waals surface area contributed by atoms with Crippen LogP contribution in [0.2, 0.25) is 10.3 Å². The highest BCUT2D eigenvalue weighted by atomic mass is 35.5. The summed E-state index contributed by atoms with van der Waals surface area (Å²) in [5.74, 6) is 1.43. The summed E-state index contributed by atoms with van der Waals surface area (Å²) in [5.41, 5.74) is 0.778. The van der Waals surface area contributed by atoms with Crippen LogP contribution in [0.25, 0.3) is 0 Å². The first kappa shape index (κ1) is 11.0. The second-order valence-corrected chi connectivity index (χ2v) is 4.94. The molecule has 1 aromatic heterocycles. The summed E-state index contributed by atoms with van der Waals surface area (Å²) in [7, 11) is 0. The van der Waals surface area contributed by atoms with Crippen molar-refractivity contribution in [3.05, 3.63) is 16.4 Å². The lowest BCUT2D eigenvalue weighted by Gasteiger charge is -2.41. The molecule has 1 N–H and O–H groups in total. The van der Waals surface area contributed by atoms with Crippen molar-refractivity contribution in [2.75, 3.05) is 5.32 Å². The SMILES string of the molecule is CC1CC(Nc2cc(Cl)nnc2Cl)C1C. The third-order valence-corrected chi connectivity index (χ3v) is 3.68. The molecule has 1 fully saturated rings. The zero-order valence-electron chi connectivity index (χ0n) is 8.67. The summed E-state index contributed by atoms with van der Waals surface area (Å²) in [6.07, 6.45) is 1.16. The Morgan fingerprint density at radius 1 is 1.33 bits per heavy atom. The van der Waals surface area contributed by atoms with E-state index in [1.54, 1.807) is 6.07 Å². The molecule has 5 heteroatoms. The molecule has 15 heavy (non-hydrogen) atoms. The molecular weight excluding hydrogens is 233 g/mol. The standard InChI is InChI=1S/C10H13Cl2N3/c1-5-3-7(6(5)2)13-8-4-9(11)14-15-10(8)12/h4-7H,3H2,1-2H3,(H,13,14). The Balaban J connectivity index is 2.08. The maximum absolute atomic E-state index is 5.91. The summed E-state index contributed by atoms with van der Waals surface area (Å²) in [5, 5.41) is 11.5. The molecule has 1 aromatic rings. The van der Waals surface area contributed by atoms with Crippen molar-refractivity contribution >= 4 is 28.9 Å². The summed E-state index contributed by atoms with van der Waals surface area (Å²) < 4.78 is 0. The number of nitrogens with zero attached hydrogens (tertiary/aromatic N) is 2. The van der Waals surface area contributed by atoms with E-state index in [0.29, 0.717) is 22.3 Å². The molecular formula is C10H13Cl2N3. The van der Waals surface area contributed by atoms with Gasteiger partial charge in [-0.25, -0.2) is 0 Å². The summed E-state index contributed by atoms with van der Waals surface area (Å²) in [4.78, 5) is 0. The molecule has 0 radical (unpaired) electrons. The number of halogens is 2. The minimum absolute atomic E-state index is 0.363. The lowest BCUT2D eigenvalue weighted by molar-refractivity contribution is 0.189. The second kappa shape index (κ2) is 4.14. The Labute approximate surface area is 99.2 Å². The van der Waals surface area contributed by atoms with Crippen LogP contribution in [0.1, 0.15) is 20.3 Å². The van der Waals surface area contributed by atoms with Crippen LogP contribution in [-0.2, 0) is 0 Å². The van der Waals surface area contributed by atoms with Gasteiger partial charge in [0.2, 0.25) is 0 Å². The monoisotopic (exact) mass is 245 g/mol. The first-order valence-electron chi connectivity index (χ1n) is 5.03. The van der Waals surface area contributed by atoms with Gasteiger partial charge in [0.25, 0.3) is 0 Å². The number of hydrogen-bond donors (Lipinski definition) is 1. The molecule has 1 aliphatic rings. The fourth-order valence-electron chi connectivity index (χ4n) is 1.87. The molecule has 3 nitrogen and oxygen atoms in total. The van der Waals surface area contributed by atoms with Gasteiger partial charge in [-0.05, 0) is 18.3 Å². The predicted octanol–water partition coefficient (Wildman–Crippen LogP) is 3.24. The quantitative estimate of drug-likeness (QED) is 0.870. The van der Waals surface area contributed by atoms with Gasteiger partial charge < -0.3 is 5.32 Å². The van der Waals surface area contributed by atoms with Gasteiger partial charge in [0.05, 0.1) is 5.69 Å². The summed E-state index contributed by atoms with van der Waals surface area (Å²) in [6, 6.07) is 2.19. The van der Waals surface area contributed by atoms with Crippen molar-refractivity contribution < 1.29 is 0 Å². The first-order valence-corrected chi connectivity index (χ1v) is 5.78. The fourth-order valence-corrected chi connectivity index (χ4v) is 2.17. The van der Waals surface area contributed by atoms with Gasteiger partial charge in [-0.3, -0.25) is 0 Å². The minimum Gasteiger partial charge on any atom is -0.379 e. The van der Waals surface area contributed by atoms with E-state index in [-0.39, 0.29) is 0 Å². The highest BCUT2D eigenvalue weighted by molar-refractivity contribution is 6.33. The highest BCUT2D eigenvalue weighted by Gasteiger charge is 2.34. The summed E-state index contributed by atoms with van der Waals surface area (Å²) >= 11 is 11.7. The van der Waals surface area contributed by atoms with Gasteiger partial charge in [0, 0.05) is 12.1 Å². The second-order valence-electron chi connectivity index (χ2n) is 4.19. The van der Waals surface area contributed by atoms with Crippen LogP contribution in [0, 0.1) is 11.8 Å². The average Bonchev–Trinajstić information content (AvgIpc) is 2.22. The van der Waals surface area contributed by atoms with Gasteiger partial charge in [-0.2, -0.15) is 0 Å². The van der Waals surface area contributed by atoms with E-state index >= 15 is 0 Å². The van der Waals surface area contributed by atoms with Crippen LogP contribution in [0.5, 0.6) is 0 Å². The average molecular weight is 246 g/mol. The molecule has 3 atom stereocenters. The van der Waals surface area contributed by atoms with E-state index in [4.69, 9.17) is 23.2 Å².